The van der Waals surface area contributed by atoms with Crippen molar-refractivity contribution in [3.8, 4) is 0 Å². The standard InChI is InChI=1S/C16H23N7/c1-11-8-15(20-16(17)19-11)23-7-3-4-12(10-23)9-13-5-6-14(18-2)22-21-13/h5-6,8,12H,3-4,7,9-10H2,1-2H3,(H,18,22)(H2,17,19,20). The van der Waals surface area contributed by atoms with Gasteiger partial charge in [0.2, 0.25) is 5.95 Å². The molecule has 1 aliphatic rings. The molecule has 2 aromatic heterocycles. The van der Waals surface area contributed by atoms with E-state index in [1.807, 2.05) is 32.2 Å². The fraction of sp³-hybridized carbons (Fsp3) is 0.500. The van der Waals surface area contributed by atoms with Gasteiger partial charge in [-0.3, -0.25) is 0 Å². The van der Waals surface area contributed by atoms with E-state index in [2.05, 4.69) is 30.4 Å². The molecular formula is C16H23N7. The molecule has 3 rings (SSSR count). The lowest BCUT2D eigenvalue weighted by Crippen LogP contribution is -2.37. The summed E-state index contributed by atoms with van der Waals surface area (Å²) in [5.41, 5.74) is 7.72. The summed E-state index contributed by atoms with van der Waals surface area (Å²) < 4.78 is 0. The zero-order valence-electron chi connectivity index (χ0n) is 13.7. The number of aromatic nitrogens is 4. The van der Waals surface area contributed by atoms with Crippen LogP contribution in [0.4, 0.5) is 17.6 Å². The van der Waals surface area contributed by atoms with Crippen LogP contribution in [-0.2, 0) is 6.42 Å². The van der Waals surface area contributed by atoms with Gasteiger partial charge in [-0.25, -0.2) is 4.98 Å². The number of hydrogen-bond donors (Lipinski definition) is 2. The molecule has 0 aromatic carbocycles. The van der Waals surface area contributed by atoms with E-state index in [-0.39, 0.29) is 0 Å². The molecular weight excluding hydrogens is 290 g/mol. The lowest BCUT2D eigenvalue weighted by Gasteiger charge is -2.33. The monoisotopic (exact) mass is 313 g/mol. The van der Waals surface area contributed by atoms with Crippen LogP contribution >= 0.6 is 0 Å². The first-order valence-electron chi connectivity index (χ1n) is 8.00. The molecule has 2 aromatic rings. The highest BCUT2D eigenvalue weighted by molar-refractivity contribution is 5.43. The molecule has 0 radical (unpaired) electrons. The number of rotatable bonds is 4. The van der Waals surface area contributed by atoms with Crippen LogP contribution in [0.25, 0.3) is 0 Å². The molecule has 1 atom stereocenters. The molecule has 23 heavy (non-hydrogen) atoms. The molecule has 122 valence electrons. The summed E-state index contributed by atoms with van der Waals surface area (Å²) in [6, 6.07) is 6.02. The maximum atomic E-state index is 5.78. The first-order chi connectivity index (χ1) is 11.1. The van der Waals surface area contributed by atoms with Gasteiger partial charge < -0.3 is 16.0 Å². The average molecular weight is 313 g/mol. The topological polar surface area (TPSA) is 92.8 Å². The molecule has 0 saturated carbocycles. The highest BCUT2D eigenvalue weighted by atomic mass is 15.2. The Labute approximate surface area is 136 Å². The van der Waals surface area contributed by atoms with Crippen molar-refractivity contribution < 1.29 is 0 Å². The van der Waals surface area contributed by atoms with Crippen molar-refractivity contribution in [2.45, 2.75) is 26.2 Å². The Bertz CT molecular complexity index is 636. The molecule has 1 aliphatic heterocycles. The minimum Gasteiger partial charge on any atom is -0.372 e. The third-order valence-corrected chi connectivity index (χ3v) is 4.17. The summed E-state index contributed by atoms with van der Waals surface area (Å²) >= 11 is 0. The van der Waals surface area contributed by atoms with E-state index < -0.39 is 0 Å². The summed E-state index contributed by atoms with van der Waals surface area (Å²) in [7, 11) is 1.85. The number of nitrogens with one attached hydrogen (secondary N) is 1. The van der Waals surface area contributed by atoms with E-state index in [1.54, 1.807) is 0 Å². The number of nitrogen functional groups attached to an aromatic ring is 1. The second-order valence-corrected chi connectivity index (χ2v) is 6.04. The Hall–Kier alpha value is -2.44. The van der Waals surface area contributed by atoms with Crippen LogP contribution < -0.4 is 16.0 Å². The predicted octanol–water partition coefficient (Wildman–Crippen LogP) is 1.66. The molecule has 0 spiro atoms. The Balaban J connectivity index is 1.67. The van der Waals surface area contributed by atoms with Gasteiger partial charge in [0, 0.05) is 31.9 Å². The van der Waals surface area contributed by atoms with Crippen molar-refractivity contribution in [3.05, 3.63) is 29.6 Å². The summed E-state index contributed by atoms with van der Waals surface area (Å²) in [6.07, 6.45) is 3.29. The molecule has 0 bridgehead atoms. The van der Waals surface area contributed by atoms with Crippen LogP contribution in [0.3, 0.4) is 0 Å². The maximum absolute atomic E-state index is 5.78. The number of nitrogens with zero attached hydrogens (tertiary/aromatic N) is 5. The predicted molar refractivity (Wildman–Crippen MR) is 91.4 cm³/mol. The normalized spacial score (nSPS) is 18.0. The molecule has 3 N–H and O–H groups in total. The zero-order valence-corrected chi connectivity index (χ0v) is 13.7. The van der Waals surface area contributed by atoms with Gasteiger partial charge in [-0.1, -0.05) is 0 Å². The molecule has 0 aliphatic carbocycles. The fourth-order valence-corrected chi connectivity index (χ4v) is 3.07. The van der Waals surface area contributed by atoms with E-state index in [0.29, 0.717) is 11.9 Å². The summed E-state index contributed by atoms with van der Waals surface area (Å²) in [6.45, 7) is 3.92. The van der Waals surface area contributed by atoms with Crippen molar-refractivity contribution in [1.29, 1.82) is 0 Å². The van der Waals surface area contributed by atoms with E-state index in [0.717, 1.165) is 49.0 Å². The van der Waals surface area contributed by atoms with E-state index in [1.165, 1.54) is 6.42 Å². The zero-order chi connectivity index (χ0) is 16.2. The molecule has 7 nitrogen and oxygen atoms in total. The number of piperidine rings is 1. The highest BCUT2D eigenvalue weighted by Gasteiger charge is 2.22. The largest absolute Gasteiger partial charge is 0.372 e. The molecule has 0 amide bonds. The van der Waals surface area contributed by atoms with Crippen LogP contribution in [0.5, 0.6) is 0 Å². The van der Waals surface area contributed by atoms with Crippen LogP contribution in [0, 0.1) is 12.8 Å². The third-order valence-electron chi connectivity index (χ3n) is 4.17. The smallest absolute Gasteiger partial charge is 0.222 e. The number of aryl methyl sites for hydroxylation is 1. The van der Waals surface area contributed by atoms with Gasteiger partial charge in [-0.15, -0.1) is 5.10 Å². The minimum atomic E-state index is 0.343. The van der Waals surface area contributed by atoms with E-state index >= 15 is 0 Å². The van der Waals surface area contributed by atoms with Crippen molar-refractivity contribution in [1.82, 2.24) is 20.2 Å². The average Bonchev–Trinajstić information content (AvgIpc) is 2.55. The maximum Gasteiger partial charge on any atom is 0.222 e. The van der Waals surface area contributed by atoms with Gasteiger partial charge in [-0.05, 0) is 44.2 Å². The minimum absolute atomic E-state index is 0.343. The first kappa shape index (κ1) is 15.5. The van der Waals surface area contributed by atoms with Crippen LogP contribution in [0.2, 0.25) is 0 Å². The van der Waals surface area contributed by atoms with Crippen molar-refractivity contribution >= 4 is 17.6 Å². The fourth-order valence-electron chi connectivity index (χ4n) is 3.07. The van der Waals surface area contributed by atoms with Crippen LogP contribution in [0.1, 0.15) is 24.2 Å². The third kappa shape index (κ3) is 3.85. The second kappa shape index (κ2) is 6.76. The van der Waals surface area contributed by atoms with Crippen LogP contribution in [-0.4, -0.2) is 40.3 Å². The second-order valence-electron chi connectivity index (χ2n) is 6.04. The number of hydrogen-bond acceptors (Lipinski definition) is 7. The van der Waals surface area contributed by atoms with Gasteiger partial charge in [-0.2, -0.15) is 10.1 Å². The Morgan fingerprint density at radius 2 is 2.17 bits per heavy atom. The number of anilines is 3. The first-order valence-corrected chi connectivity index (χ1v) is 8.00. The Morgan fingerprint density at radius 1 is 1.30 bits per heavy atom. The molecule has 3 heterocycles. The SMILES string of the molecule is CNc1ccc(CC2CCCN(c3cc(C)nc(N)n3)C2)nn1. The quantitative estimate of drug-likeness (QED) is 0.886. The van der Waals surface area contributed by atoms with Crippen molar-refractivity contribution in [2.75, 3.05) is 36.1 Å². The summed E-state index contributed by atoms with van der Waals surface area (Å²) in [4.78, 5) is 10.8. The number of nitrogens with two attached hydrogens (primary N) is 1. The lowest BCUT2D eigenvalue weighted by atomic mass is 9.93. The molecule has 1 fully saturated rings. The molecule has 1 saturated heterocycles. The van der Waals surface area contributed by atoms with Gasteiger partial charge in [0.05, 0.1) is 5.69 Å². The molecule has 7 heteroatoms. The van der Waals surface area contributed by atoms with E-state index in [4.69, 9.17) is 5.73 Å². The van der Waals surface area contributed by atoms with Gasteiger partial charge >= 0.3 is 0 Å². The van der Waals surface area contributed by atoms with Crippen molar-refractivity contribution in [3.63, 3.8) is 0 Å². The van der Waals surface area contributed by atoms with Gasteiger partial charge in [0.1, 0.15) is 11.6 Å². The van der Waals surface area contributed by atoms with E-state index in [9.17, 15) is 0 Å². The van der Waals surface area contributed by atoms with Crippen molar-refractivity contribution in [2.24, 2.45) is 5.92 Å². The Kier molecular flexibility index (Phi) is 4.55. The summed E-state index contributed by atoms with van der Waals surface area (Å²) in [5.74, 6) is 2.62. The Morgan fingerprint density at radius 3 is 2.87 bits per heavy atom. The van der Waals surface area contributed by atoms with Gasteiger partial charge in [0.25, 0.3) is 0 Å². The van der Waals surface area contributed by atoms with Crippen LogP contribution in [0.15, 0.2) is 18.2 Å². The van der Waals surface area contributed by atoms with Gasteiger partial charge in [0.15, 0.2) is 0 Å². The molecule has 1 unspecified atom stereocenters. The highest BCUT2D eigenvalue weighted by Crippen LogP contribution is 2.24. The summed E-state index contributed by atoms with van der Waals surface area (Å²) in [5, 5.41) is 11.4. The lowest BCUT2D eigenvalue weighted by molar-refractivity contribution is 0.407.